The van der Waals surface area contributed by atoms with Gasteiger partial charge in [-0.3, -0.25) is 4.99 Å². The first-order valence-corrected chi connectivity index (χ1v) is 8.56. The molecule has 5 nitrogen and oxygen atoms in total. The minimum absolute atomic E-state index is 0. The van der Waals surface area contributed by atoms with Crippen LogP contribution in [-0.4, -0.2) is 45.0 Å². The van der Waals surface area contributed by atoms with Gasteiger partial charge in [0.2, 0.25) is 0 Å². The fourth-order valence-corrected chi connectivity index (χ4v) is 2.10. The second-order valence-electron chi connectivity index (χ2n) is 6.14. The lowest BCUT2D eigenvalue weighted by Gasteiger charge is -2.16. The van der Waals surface area contributed by atoms with Gasteiger partial charge in [0.15, 0.2) is 12.6 Å². The van der Waals surface area contributed by atoms with Crippen molar-refractivity contribution in [1.29, 1.82) is 0 Å². The van der Waals surface area contributed by atoms with E-state index in [1.54, 1.807) is 26.1 Å². The normalized spacial score (nSPS) is 11.9. The van der Waals surface area contributed by atoms with Gasteiger partial charge >= 0.3 is 6.18 Å². The second-order valence-corrected chi connectivity index (χ2v) is 6.14. The van der Waals surface area contributed by atoms with Crippen LogP contribution in [0.15, 0.2) is 23.2 Å². The molecule has 1 aromatic rings. The van der Waals surface area contributed by atoms with Crippen molar-refractivity contribution in [1.82, 2.24) is 10.6 Å². The highest BCUT2D eigenvalue weighted by Gasteiger charge is 2.28. The summed E-state index contributed by atoms with van der Waals surface area (Å²) >= 11 is 0. The van der Waals surface area contributed by atoms with E-state index in [4.69, 9.17) is 9.47 Å². The summed E-state index contributed by atoms with van der Waals surface area (Å²) in [4.78, 5) is 4.10. The Morgan fingerprint density at radius 1 is 1.22 bits per heavy atom. The van der Waals surface area contributed by atoms with Gasteiger partial charge in [0, 0.05) is 32.3 Å². The van der Waals surface area contributed by atoms with Crippen molar-refractivity contribution in [2.24, 2.45) is 4.99 Å². The maximum atomic E-state index is 12.4. The standard InChI is InChI=1S/C18H28F3N3O2.HI/c1-13(2)25-9-5-8-23-17(22-4)24-11-15-7-6-14(3)10-16(15)26-12-18(19,20)21;/h6-7,10,13H,5,8-9,11-12H2,1-4H3,(H2,22,23,24);1H. The van der Waals surface area contributed by atoms with Gasteiger partial charge in [-0.1, -0.05) is 12.1 Å². The number of halogens is 4. The Hall–Kier alpha value is -1.23. The molecule has 0 aromatic heterocycles. The van der Waals surface area contributed by atoms with Crippen LogP contribution in [0.3, 0.4) is 0 Å². The molecule has 156 valence electrons. The largest absolute Gasteiger partial charge is 0.484 e. The highest BCUT2D eigenvalue weighted by atomic mass is 127. The fraction of sp³-hybridized carbons (Fsp3) is 0.611. The highest BCUT2D eigenvalue weighted by Crippen LogP contribution is 2.23. The molecule has 9 heteroatoms. The Kier molecular flexibility index (Phi) is 12.4. The summed E-state index contributed by atoms with van der Waals surface area (Å²) in [6.45, 7) is 6.08. The molecule has 1 rings (SSSR count). The number of hydrogen-bond acceptors (Lipinski definition) is 3. The molecule has 0 fully saturated rings. The SMILES string of the molecule is CN=C(NCCCOC(C)C)NCc1ccc(C)cc1OCC(F)(F)F.I. The minimum atomic E-state index is -4.37. The number of nitrogens with one attached hydrogen (secondary N) is 2. The monoisotopic (exact) mass is 503 g/mol. The molecule has 0 saturated heterocycles. The van der Waals surface area contributed by atoms with Crippen LogP contribution in [0.25, 0.3) is 0 Å². The predicted octanol–water partition coefficient (Wildman–Crippen LogP) is 4.03. The van der Waals surface area contributed by atoms with Crippen molar-refractivity contribution >= 4 is 29.9 Å². The molecule has 0 heterocycles. The van der Waals surface area contributed by atoms with E-state index < -0.39 is 12.8 Å². The van der Waals surface area contributed by atoms with E-state index in [-0.39, 0.29) is 35.8 Å². The molecule has 0 unspecified atom stereocenters. The van der Waals surface area contributed by atoms with Gasteiger partial charge in [0.05, 0.1) is 6.10 Å². The highest BCUT2D eigenvalue weighted by molar-refractivity contribution is 14.0. The van der Waals surface area contributed by atoms with Crippen molar-refractivity contribution in [3.63, 3.8) is 0 Å². The number of benzene rings is 1. The Morgan fingerprint density at radius 3 is 2.52 bits per heavy atom. The van der Waals surface area contributed by atoms with E-state index >= 15 is 0 Å². The first-order chi connectivity index (χ1) is 12.2. The summed E-state index contributed by atoms with van der Waals surface area (Å²) in [6.07, 6.45) is -3.35. The molecule has 0 spiro atoms. The van der Waals surface area contributed by atoms with Gasteiger partial charge in [0.25, 0.3) is 0 Å². The summed E-state index contributed by atoms with van der Waals surface area (Å²) < 4.78 is 47.6. The van der Waals surface area contributed by atoms with E-state index in [0.29, 0.717) is 31.2 Å². The molecule has 0 radical (unpaired) electrons. The van der Waals surface area contributed by atoms with E-state index in [0.717, 1.165) is 12.0 Å². The van der Waals surface area contributed by atoms with Crippen molar-refractivity contribution < 1.29 is 22.6 Å². The topological polar surface area (TPSA) is 54.9 Å². The van der Waals surface area contributed by atoms with E-state index in [1.165, 1.54) is 0 Å². The summed E-state index contributed by atoms with van der Waals surface area (Å²) in [6, 6.07) is 5.18. The lowest BCUT2D eigenvalue weighted by atomic mass is 10.1. The number of aryl methyl sites for hydroxylation is 1. The Morgan fingerprint density at radius 2 is 1.93 bits per heavy atom. The number of alkyl halides is 3. The quantitative estimate of drug-likeness (QED) is 0.231. The molecular formula is C18H29F3IN3O2. The third-order valence-electron chi connectivity index (χ3n) is 3.35. The summed E-state index contributed by atoms with van der Waals surface area (Å²) in [5, 5.41) is 6.22. The van der Waals surface area contributed by atoms with Crippen LogP contribution in [0.4, 0.5) is 13.2 Å². The van der Waals surface area contributed by atoms with Crippen LogP contribution in [0.2, 0.25) is 0 Å². The van der Waals surface area contributed by atoms with Crippen LogP contribution >= 0.6 is 24.0 Å². The van der Waals surface area contributed by atoms with Crippen LogP contribution in [0.5, 0.6) is 5.75 Å². The first-order valence-electron chi connectivity index (χ1n) is 8.56. The van der Waals surface area contributed by atoms with Crippen molar-refractivity contribution in [3.8, 4) is 5.75 Å². The van der Waals surface area contributed by atoms with Crippen molar-refractivity contribution in [2.45, 2.75) is 46.0 Å². The maximum absolute atomic E-state index is 12.4. The molecule has 27 heavy (non-hydrogen) atoms. The number of aliphatic imine (C=N–C) groups is 1. The molecule has 0 aliphatic carbocycles. The number of guanidine groups is 1. The van der Waals surface area contributed by atoms with Crippen LogP contribution in [-0.2, 0) is 11.3 Å². The van der Waals surface area contributed by atoms with Gasteiger partial charge in [-0.15, -0.1) is 24.0 Å². The van der Waals surface area contributed by atoms with Crippen LogP contribution in [0, 0.1) is 6.92 Å². The third-order valence-corrected chi connectivity index (χ3v) is 3.35. The number of rotatable bonds is 9. The lowest BCUT2D eigenvalue weighted by Crippen LogP contribution is -2.37. The molecule has 0 saturated carbocycles. The van der Waals surface area contributed by atoms with Gasteiger partial charge in [-0.25, -0.2) is 0 Å². The minimum Gasteiger partial charge on any atom is -0.484 e. The zero-order valence-electron chi connectivity index (χ0n) is 16.2. The van der Waals surface area contributed by atoms with Gasteiger partial charge in [0.1, 0.15) is 5.75 Å². The Bertz CT molecular complexity index is 581. The predicted molar refractivity (Wildman–Crippen MR) is 112 cm³/mol. The molecule has 0 amide bonds. The lowest BCUT2D eigenvalue weighted by molar-refractivity contribution is -0.153. The second kappa shape index (κ2) is 13.0. The number of ether oxygens (including phenoxy) is 2. The average molecular weight is 503 g/mol. The van der Waals surface area contributed by atoms with E-state index in [9.17, 15) is 13.2 Å². The summed E-state index contributed by atoms with van der Waals surface area (Å²) in [5.41, 5.74) is 1.46. The van der Waals surface area contributed by atoms with Gasteiger partial charge < -0.3 is 20.1 Å². The first kappa shape index (κ1) is 25.8. The molecule has 0 aliphatic rings. The van der Waals surface area contributed by atoms with E-state index in [2.05, 4.69) is 15.6 Å². The molecule has 0 aliphatic heterocycles. The van der Waals surface area contributed by atoms with Crippen LogP contribution in [0.1, 0.15) is 31.4 Å². The maximum Gasteiger partial charge on any atom is 0.422 e. The number of hydrogen-bond donors (Lipinski definition) is 2. The molecule has 0 bridgehead atoms. The van der Waals surface area contributed by atoms with Gasteiger partial charge in [-0.05, 0) is 38.8 Å². The molecule has 2 N–H and O–H groups in total. The fourth-order valence-electron chi connectivity index (χ4n) is 2.10. The summed E-state index contributed by atoms with van der Waals surface area (Å²) in [7, 11) is 1.64. The zero-order valence-corrected chi connectivity index (χ0v) is 18.5. The molecule has 0 atom stereocenters. The molecular weight excluding hydrogens is 474 g/mol. The summed E-state index contributed by atoms with van der Waals surface area (Å²) in [5.74, 6) is 0.785. The van der Waals surface area contributed by atoms with E-state index in [1.807, 2.05) is 19.9 Å². The molecule has 1 aromatic carbocycles. The van der Waals surface area contributed by atoms with Crippen molar-refractivity contribution in [2.75, 3.05) is 26.8 Å². The Labute approximate surface area is 176 Å². The number of nitrogens with zero attached hydrogens (tertiary/aromatic N) is 1. The zero-order chi connectivity index (χ0) is 19.6. The van der Waals surface area contributed by atoms with Gasteiger partial charge in [-0.2, -0.15) is 13.2 Å². The van der Waals surface area contributed by atoms with Crippen LogP contribution < -0.4 is 15.4 Å². The Balaban J connectivity index is 0.00000676. The van der Waals surface area contributed by atoms with Crippen molar-refractivity contribution in [3.05, 3.63) is 29.3 Å². The average Bonchev–Trinajstić information content (AvgIpc) is 2.55. The smallest absolute Gasteiger partial charge is 0.422 e. The third kappa shape index (κ3) is 12.0.